The second kappa shape index (κ2) is 7.88. The molecule has 0 spiro atoms. The van der Waals surface area contributed by atoms with Gasteiger partial charge in [-0.25, -0.2) is 18.6 Å². The Kier molecular flexibility index (Phi) is 6.48. The SMILES string of the molecule is O=C(CCS(=O)(=O)NCCCc1ccccc1)NO. The third kappa shape index (κ3) is 6.90. The van der Waals surface area contributed by atoms with Crippen molar-refractivity contribution in [3.05, 3.63) is 35.9 Å². The van der Waals surface area contributed by atoms with Crippen molar-refractivity contribution in [2.45, 2.75) is 19.3 Å². The predicted octanol–water partition coefficient (Wildman–Crippen LogP) is 0.434. The summed E-state index contributed by atoms with van der Waals surface area (Å²) in [6, 6.07) is 9.78. The van der Waals surface area contributed by atoms with Crippen LogP contribution in [0.4, 0.5) is 0 Å². The number of nitrogens with one attached hydrogen (secondary N) is 2. The molecule has 0 radical (unpaired) electrons. The molecular formula is C12H18N2O4S. The number of sulfonamides is 1. The minimum absolute atomic E-state index is 0.259. The average Bonchev–Trinajstić information content (AvgIpc) is 2.42. The Morgan fingerprint density at radius 1 is 1.21 bits per heavy atom. The van der Waals surface area contributed by atoms with E-state index in [0.717, 1.165) is 12.0 Å². The molecule has 0 aliphatic heterocycles. The van der Waals surface area contributed by atoms with Crippen LogP contribution in [0.2, 0.25) is 0 Å². The molecule has 19 heavy (non-hydrogen) atoms. The van der Waals surface area contributed by atoms with E-state index in [-0.39, 0.29) is 12.2 Å². The molecule has 0 heterocycles. The van der Waals surface area contributed by atoms with Gasteiger partial charge in [0, 0.05) is 13.0 Å². The van der Waals surface area contributed by atoms with E-state index in [2.05, 4.69) is 4.72 Å². The molecule has 0 aromatic heterocycles. The molecule has 1 aromatic carbocycles. The molecule has 0 saturated heterocycles. The van der Waals surface area contributed by atoms with E-state index in [9.17, 15) is 13.2 Å². The fraction of sp³-hybridized carbons (Fsp3) is 0.417. The summed E-state index contributed by atoms with van der Waals surface area (Å²) < 4.78 is 25.4. The van der Waals surface area contributed by atoms with Crippen molar-refractivity contribution in [1.29, 1.82) is 0 Å². The molecular weight excluding hydrogens is 268 g/mol. The van der Waals surface area contributed by atoms with Gasteiger partial charge >= 0.3 is 0 Å². The first-order valence-electron chi connectivity index (χ1n) is 5.98. The highest BCUT2D eigenvalue weighted by Gasteiger charge is 2.12. The summed E-state index contributed by atoms with van der Waals surface area (Å²) in [4.78, 5) is 10.7. The zero-order chi connectivity index (χ0) is 14.1. The summed E-state index contributed by atoms with van der Waals surface area (Å²) in [7, 11) is -3.46. The van der Waals surface area contributed by atoms with Gasteiger partial charge in [-0.1, -0.05) is 30.3 Å². The molecule has 0 atom stereocenters. The summed E-state index contributed by atoms with van der Waals surface area (Å²) in [5.74, 6) is -1.04. The van der Waals surface area contributed by atoms with Crippen LogP contribution in [0.5, 0.6) is 0 Å². The van der Waals surface area contributed by atoms with E-state index in [1.54, 1.807) is 0 Å². The van der Waals surface area contributed by atoms with Crippen molar-refractivity contribution < 1.29 is 18.4 Å². The number of carbonyl (C=O) groups excluding carboxylic acids is 1. The normalized spacial score (nSPS) is 11.2. The summed E-state index contributed by atoms with van der Waals surface area (Å²) in [5.41, 5.74) is 2.55. The van der Waals surface area contributed by atoms with Gasteiger partial charge in [-0.05, 0) is 18.4 Å². The number of hydroxylamine groups is 1. The Morgan fingerprint density at radius 3 is 2.53 bits per heavy atom. The highest BCUT2D eigenvalue weighted by atomic mass is 32.2. The van der Waals surface area contributed by atoms with E-state index in [1.807, 2.05) is 30.3 Å². The zero-order valence-corrected chi connectivity index (χ0v) is 11.3. The molecule has 0 aliphatic carbocycles. The van der Waals surface area contributed by atoms with Crippen molar-refractivity contribution in [2.75, 3.05) is 12.3 Å². The highest BCUT2D eigenvalue weighted by molar-refractivity contribution is 7.89. The fourth-order valence-electron chi connectivity index (χ4n) is 1.52. The van der Waals surface area contributed by atoms with E-state index < -0.39 is 15.9 Å². The second-order valence-corrected chi connectivity index (χ2v) is 6.01. The van der Waals surface area contributed by atoms with E-state index in [0.29, 0.717) is 13.0 Å². The summed E-state index contributed by atoms with van der Waals surface area (Å²) >= 11 is 0. The van der Waals surface area contributed by atoms with Crippen LogP contribution in [-0.4, -0.2) is 31.8 Å². The lowest BCUT2D eigenvalue weighted by molar-refractivity contribution is -0.128. The van der Waals surface area contributed by atoms with Gasteiger partial charge in [0.15, 0.2) is 0 Å². The van der Waals surface area contributed by atoms with Gasteiger partial charge in [0.25, 0.3) is 0 Å². The van der Waals surface area contributed by atoms with Gasteiger partial charge in [-0.3, -0.25) is 10.0 Å². The molecule has 0 aliphatic rings. The molecule has 1 aromatic rings. The zero-order valence-electron chi connectivity index (χ0n) is 10.5. The number of amides is 1. The quantitative estimate of drug-likeness (QED) is 0.367. The first kappa shape index (κ1) is 15.6. The van der Waals surface area contributed by atoms with Crippen LogP contribution in [0.3, 0.4) is 0 Å². The molecule has 6 nitrogen and oxygen atoms in total. The van der Waals surface area contributed by atoms with Crippen molar-refractivity contribution in [3.63, 3.8) is 0 Å². The molecule has 1 rings (SSSR count). The summed E-state index contributed by atoms with van der Waals surface area (Å²) in [5, 5.41) is 8.26. The molecule has 106 valence electrons. The maximum atomic E-state index is 11.5. The number of rotatable bonds is 8. The van der Waals surface area contributed by atoms with Crippen molar-refractivity contribution in [1.82, 2.24) is 10.2 Å². The first-order chi connectivity index (χ1) is 9.03. The number of aryl methyl sites for hydroxylation is 1. The summed E-state index contributed by atoms with van der Waals surface area (Å²) in [6.07, 6.45) is 1.22. The summed E-state index contributed by atoms with van der Waals surface area (Å²) in [6.45, 7) is 0.331. The lowest BCUT2D eigenvalue weighted by Gasteiger charge is -2.06. The van der Waals surface area contributed by atoms with Crippen molar-refractivity contribution in [2.24, 2.45) is 0 Å². The highest BCUT2D eigenvalue weighted by Crippen LogP contribution is 2.01. The second-order valence-electron chi connectivity index (χ2n) is 4.09. The van der Waals surface area contributed by atoms with Crippen molar-refractivity contribution in [3.8, 4) is 0 Å². The minimum Gasteiger partial charge on any atom is -0.289 e. The molecule has 3 N–H and O–H groups in total. The minimum atomic E-state index is -3.46. The lowest BCUT2D eigenvalue weighted by Crippen LogP contribution is -2.30. The third-order valence-corrected chi connectivity index (χ3v) is 3.92. The Morgan fingerprint density at radius 2 is 1.89 bits per heavy atom. The lowest BCUT2D eigenvalue weighted by atomic mass is 10.1. The number of hydrogen-bond donors (Lipinski definition) is 3. The van der Waals surface area contributed by atoms with Gasteiger partial charge in [0.05, 0.1) is 5.75 Å². The Hall–Kier alpha value is -1.44. The van der Waals surface area contributed by atoms with Gasteiger partial charge in [-0.2, -0.15) is 0 Å². The predicted molar refractivity (Wildman–Crippen MR) is 71.1 cm³/mol. The van der Waals surface area contributed by atoms with Crippen LogP contribution in [0.25, 0.3) is 0 Å². The van der Waals surface area contributed by atoms with Crippen LogP contribution in [0.1, 0.15) is 18.4 Å². The van der Waals surface area contributed by atoms with Crippen molar-refractivity contribution >= 4 is 15.9 Å². The average molecular weight is 286 g/mol. The van der Waals surface area contributed by atoms with Crippen LogP contribution in [0.15, 0.2) is 30.3 Å². The van der Waals surface area contributed by atoms with Crippen LogP contribution < -0.4 is 10.2 Å². The number of benzene rings is 1. The molecule has 0 bridgehead atoms. The van der Waals surface area contributed by atoms with E-state index >= 15 is 0 Å². The fourth-order valence-corrected chi connectivity index (χ4v) is 2.57. The third-order valence-electron chi connectivity index (χ3n) is 2.53. The monoisotopic (exact) mass is 286 g/mol. The standard InChI is InChI=1S/C12H18N2O4S/c15-12(14-16)8-10-19(17,18)13-9-4-7-11-5-2-1-3-6-11/h1-3,5-6,13,16H,4,7-10H2,(H,14,15). The Labute approximate surface area is 112 Å². The smallest absolute Gasteiger partial charge is 0.244 e. The van der Waals surface area contributed by atoms with Gasteiger partial charge in [-0.15, -0.1) is 0 Å². The molecule has 7 heteroatoms. The van der Waals surface area contributed by atoms with Gasteiger partial charge in [0.1, 0.15) is 0 Å². The topological polar surface area (TPSA) is 95.5 Å². The van der Waals surface area contributed by atoms with Gasteiger partial charge < -0.3 is 0 Å². The maximum Gasteiger partial charge on any atom is 0.244 e. The molecule has 0 saturated carbocycles. The Balaban J connectivity index is 2.22. The first-order valence-corrected chi connectivity index (χ1v) is 7.63. The van der Waals surface area contributed by atoms with Gasteiger partial charge in [0.2, 0.25) is 15.9 Å². The van der Waals surface area contributed by atoms with Crippen LogP contribution in [-0.2, 0) is 21.2 Å². The number of carbonyl (C=O) groups is 1. The number of hydrogen-bond acceptors (Lipinski definition) is 4. The molecule has 0 fully saturated rings. The largest absolute Gasteiger partial charge is 0.289 e. The van der Waals surface area contributed by atoms with Crippen LogP contribution >= 0.6 is 0 Å². The molecule has 1 amide bonds. The van der Waals surface area contributed by atoms with Crippen LogP contribution in [0, 0.1) is 0 Å². The molecule has 0 unspecified atom stereocenters. The maximum absolute atomic E-state index is 11.5. The Bertz CT molecular complexity index is 488. The van der Waals surface area contributed by atoms with E-state index in [4.69, 9.17) is 5.21 Å². The van der Waals surface area contributed by atoms with E-state index in [1.165, 1.54) is 5.48 Å².